The smallest absolute Gasteiger partial charge is 0.334 e. The minimum absolute atomic E-state index is 0.0618. The third-order valence-corrected chi connectivity index (χ3v) is 12.1. The molecule has 2 rings (SSSR count). The van der Waals surface area contributed by atoms with Crippen LogP contribution >= 0.6 is 11.8 Å². The Morgan fingerprint density at radius 2 is 1.56 bits per heavy atom. The van der Waals surface area contributed by atoms with Gasteiger partial charge in [0, 0.05) is 39.1 Å². The van der Waals surface area contributed by atoms with Crippen molar-refractivity contribution in [1.29, 1.82) is 0 Å². The second-order valence-corrected chi connectivity index (χ2v) is 18.0. The van der Waals surface area contributed by atoms with Crippen LogP contribution in [0.15, 0.2) is 53.6 Å². The van der Waals surface area contributed by atoms with Gasteiger partial charge >= 0.3 is 11.9 Å². The second-order valence-electron chi connectivity index (χ2n) is 17.1. The molecule has 352 valence electrons. The first kappa shape index (κ1) is 54.4. The van der Waals surface area contributed by atoms with Crippen LogP contribution in [0.4, 0.5) is 0 Å². The predicted molar refractivity (Wildman–Crippen MR) is 245 cm³/mol. The molecule has 1 heterocycles. The first-order valence-corrected chi connectivity index (χ1v) is 23.2. The Bertz CT molecular complexity index is 1790. The molecule has 0 spiro atoms. The van der Waals surface area contributed by atoms with E-state index >= 15 is 0 Å². The number of nitrogens with one attached hydrogen (secondary N) is 2. The van der Waals surface area contributed by atoms with E-state index in [1.165, 1.54) is 54.5 Å². The van der Waals surface area contributed by atoms with Crippen LogP contribution in [0.25, 0.3) is 0 Å². The normalized spacial score (nSPS) is 27.9. The van der Waals surface area contributed by atoms with Crippen LogP contribution < -0.4 is 10.6 Å². The summed E-state index contributed by atoms with van der Waals surface area (Å²) in [7, 11) is 4.37. The molecule has 2 unspecified atom stereocenters. The third-order valence-electron chi connectivity index (χ3n) is 11.7. The lowest BCUT2D eigenvalue weighted by molar-refractivity contribution is -0.161. The Labute approximate surface area is 379 Å². The van der Waals surface area contributed by atoms with Gasteiger partial charge in [0.15, 0.2) is 6.10 Å². The molecule has 1 aromatic rings. The van der Waals surface area contributed by atoms with E-state index in [1.807, 2.05) is 79.0 Å². The highest BCUT2D eigenvalue weighted by atomic mass is 32.2. The molecule has 5 amide bonds. The van der Waals surface area contributed by atoms with Crippen molar-refractivity contribution in [2.75, 3.05) is 39.9 Å². The minimum atomic E-state index is -1.23. The molecule has 1 aliphatic heterocycles. The Kier molecular flexibility index (Phi) is 22.6. The Balaban J connectivity index is 2.72. The maximum atomic E-state index is 14.2. The number of amides is 5. The lowest BCUT2D eigenvalue weighted by Gasteiger charge is -2.35. The Hall–Kier alpha value is -4.70. The molecule has 0 radical (unpaired) electrons. The number of likely N-dealkylation sites (N-methyl/N-ethyl adjacent to an activating group) is 3. The molecule has 2 N–H and O–H groups in total. The fraction of sp³-hybridized carbons (Fsp3) is 0.638. The van der Waals surface area contributed by atoms with Gasteiger partial charge in [0.1, 0.15) is 30.3 Å². The van der Waals surface area contributed by atoms with Gasteiger partial charge in [-0.25, -0.2) is 9.59 Å². The molecule has 1 aromatic carbocycles. The second kappa shape index (κ2) is 26.2. The summed E-state index contributed by atoms with van der Waals surface area (Å²) < 4.78 is 18.2. The summed E-state index contributed by atoms with van der Waals surface area (Å²) in [6, 6.07) is 4.73. The minimum Gasteiger partial charge on any atom is -0.456 e. The van der Waals surface area contributed by atoms with Gasteiger partial charge in [-0.1, -0.05) is 83.5 Å². The van der Waals surface area contributed by atoms with Gasteiger partial charge in [0.25, 0.3) is 5.91 Å². The number of hydrogen-bond donors (Lipinski definition) is 2. The predicted octanol–water partition coefficient (Wildman–Crippen LogP) is 4.92. The maximum absolute atomic E-state index is 14.2. The standard InChI is InChI=1S/C47H73N5O10S/c1-15-29(5)40-45(57)51(12)34(10)47(59)62-41(30(6)16-2)32(8)37(60-27-63-14)23-22-31(7)46(58)61-38(24-28(3)4)42(54)48-33(9)43(55)52(13)36(25-35-20-18-17-19-21-35)44(56)50(11)26-39(53)49-40/h16-22,28-29,32-34,36-38,40-41H,15,23-27H2,1-14H3,(H,48,54)(H,49,53)/b30-16+,31-22+/t29?,32-,33+,34+,36-,37-,38-,40?,41-/m1/s1. The average molecular weight is 900 g/mol. The average Bonchev–Trinajstić information content (AvgIpc) is 3.26. The summed E-state index contributed by atoms with van der Waals surface area (Å²) in [5, 5.41) is 5.51. The van der Waals surface area contributed by atoms with Gasteiger partial charge < -0.3 is 39.5 Å². The summed E-state index contributed by atoms with van der Waals surface area (Å²) in [6.07, 6.45) is 3.86. The van der Waals surface area contributed by atoms with Gasteiger partial charge in [-0.3, -0.25) is 24.0 Å². The molecule has 0 fully saturated rings. The van der Waals surface area contributed by atoms with E-state index in [2.05, 4.69) is 10.6 Å². The van der Waals surface area contributed by atoms with Gasteiger partial charge in [0.05, 0.1) is 18.6 Å². The van der Waals surface area contributed by atoms with Crippen LogP contribution in [-0.2, 0) is 54.2 Å². The third kappa shape index (κ3) is 16.1. The van der Waals surface area contributed by atoms with Crippen molar-refractivity contribution in [2.24, 2.45) is 17.8 Å². The maximum Gasteiger partial charge on any atom is 0.334 e. The molecular weight excluding hydrogens is 827 g/mol. The topological polar surface area (TPSA) is 181 Å². The molecular formula is C47H73N5O10S. The summed E-state index contributed by atoms with van der Waals surface area (Å²) in [6.45, 7) is 17.2. The summed E-state index contributed by atoms with van der Waals surface area (Å²) in [4.78, 5) is 101. The van der Waals surface area contributed by atoms with E-state index in [9.17, 15) is 33.6 Å². The molecule has 1 aliphatic rings. The van der Waals surface area contributed by atoms with Crippen LogP contribution in [0.2, 0.25) is 0 Å². The van der Waals surface area contributed by atoms with E-state index < -0.39 is 96.4 Å². The van der Waals surface area contributed by atoms with Crippen LogP contribution in [0.5, 0.6) is 0 Å². The quantitative estimate of drug-likeness (QED) is 0.185. The fourth-order valence-electron chi connectivity index (χ4n) is 7.10. The molecule has 0 bridgehead atoms. The molecule has 15 nitrogen and oxygen atoms in total. The molecule has 9 atom stereocenters. The number of ether oxygens (including phenoxy) is 3. The SMILES string of the molecule is C/C=C(\C)[C@H]1OC(=O)[C@H](C)N(C)C(=O)C(C(C)CC)NC(=O)CN(C)C(=O)[C@@H](Cc2ccccc2)N(C)C(=O)[C@H](C)NC(=O)[C@@H](CC(C)C)OC(=O)/C(C)=C/C[C@@H](OCSC)[C@H]1C. The highest BCUT2D eigenvalue weighted by Gasteiger charge is 2.38. The van der Waals surface area contributed by atoms with Gasteiger partial charge in [0.2, 0.25) is 23.6 Å². The van der Waals surface area contributed by atoms with Crippen molar-refractivity contribution in [1.82, 2.24) is 25.3 Å². The first-order chi connectivity index (χ1) is 29.6. The molecule has 0 aliphatic carbocycles. The zero-order valence-corrected chi connectivity index (χ0v) is 40.7. The number of rotatable bonds is 10. The number of cyclic esters (lactones) is 2. The zero-order valence-electron chi connectivity index (χ0n) is 39.9. The van der Waals surface area contributed by atoms with Gasteiger partial charge in [-0.05, 0) is 76.7 Å². The first-order valence-electron chi connectivity index (χ1n) is 21.8. The molecule has 0 saturated carbocycles. The van der Waals surface area contributed by atoms with Gasteiger partial charge in [-0.15, -0.1) is 11.8 Å². The summed E-state index contributed by atoms with van der Waals surface area (Å²) in [5.74, 6) is -4.88. The molecule has 0 aromatic heterocycles. The number of nitrogens with zero attached hydrogens (tertiary/aromatic N) is 3. The molecule has 63 heavy (non-hydrogen) atoms. The van der Waals surface area contributed by atoms with E-state index in [-0.39, 0.29) is 36.7 Å². The van der Waals surface area contributed by atoms with Crippen LogP contribution in [-0.4, -0.2) is 139 Å². The van der Waals surface area contributed by atoms with E-state index in [4.69, 9.17) is 14.2 Å². The van der Waals surface area contributed by atoms with Crippen molar-refractivity contribution in [3.05, 3.63) is 59.2 Å². The number of carbonyl (C=O) groups excluding carboxylic acids is 7. The van der Waals surface area contributed by atoms with Crippen molar-refractivity contribution >= 4 is 53.2 Å². The Morgan fingerprint density at radius 1 is 0.921 bits per heavy atom. The number of esters is 2. The molecule has 16 heteroatoms. The van der Waals surface area contributed by atoms with E-state index in [1.54, 1.807) is 32.1 Å². The lowest BCUT2D eigenvalue weighted by Crippen LogP contribution is -2.58. The lowest BCUT2D eigenvalue weighted by atomic mass is 9.90. The summed E-state index contributed by atoms with van der Waals surface area (Å²) in [5.41, 5.74) is 1.73. The van der Waals surface area contributed by atoms with Crippen LogP contribution in [0.1, 0.15) is 94.1 Å². The van der Waals surface area contributed by atoms with E-state index in [0.717, 1.165) is 11.1 Å². The zero-order chi connectivity index (χ0) is 47.7. The molecule has 0 saturated heterocycles. The van der Waals surface area contributed by atoms with Crippen molar-refractivity contribution in [2.45, 2.75) is 137 Å². The highest BCUT2D eigenvalue weighted by Crippen LogP contribution is 2.27. The highest BCUT2D eigenvalue weighted by molar-refractivity contribution is 7.98. The van der Waals surface area contributed by atoms with Crippen molar-refractivity contribution < 1.29 is 47.8 Å². The van der Waals surface area contributed by atoms with Crippen molar-refractivity contribution in [3.63, 3.8) is 0 Å². The van der Waals surface area contributed by atoms with Crippen LogP contribution in [0.3, 0.4) is 0 Å². The number of allylic oxidation sites excluding steroid dienone is 1. The van der Waals surface area contributed by atoms with Crippen LogP contribution in [0, 0.1) is 17.8 Å². The van der Waals surface area contributed by atoms with Crippen molar-refractivity contribution in [3.8, 4) is 0 Å². The number of benzene rings is 1. The Morgan fingerprint density at radius 3 is 2.13 bits per heavy atom. The number of hydrogen-bond acceptors (Lipinski definition) is 11. The summed E-state index contributed by atoms with van der Waals surface area (Å²) >= 11 is 1.46. The van der Waals surface area contributed by atoms with Gasteiger partial charge in [-0.2, -0.15) is 0 Å². The monoisotopic (exact) mass is 900 g/mol. The fourth-order valence-corrected chi connectivity index (χ4v) is 7.41. The number of thioether (sulfide) groups is 1. The largest absolute Gasteiger partial charge is 0.456 e. The van der Waals surface area contributed by atoms with E-state index in [0.29, 0.717) is 12.4 Å². The number of carbonyl (C=O) groups is 7.